The van der Waals surface area contributed by atoms with Crippen LogP contribution in [0.3, 0.4) is 0 Å². The molecule has 1 aromatic heterocycles. The molecule has 5 heteroatoms. The minimum absolute atomic E-state index is 0.0803. The third-order valence-corrected chi connectivity index (χ3v) is 5.63. The Hall–Kier alpha value is -1.39. The van der Waals surface area contributed by atoms with Gasteiger partial charge in [0.15, 0.2) is 0 Å². The molecule has 1 aliphatic carbocycles. The molecule has 0 spiro atoms. The second-order valence-corrected chi connectivity index (χ2v) is 7.56. The highest BCUT2D eigenvalue weighted by Gasteiger charge is 2.23. The summed E-state index contributed by atoms with van der Waals surface area (Å²) in [4.78, 5) is 16.8. The number of thiazole rings is 1. The standard InChI is InChI=1S/C18H21ClN2OS/c1-12-4-2-3-5-16(12)21-17(22)10-15-11-23-18(20-15)13-6-8-14(19)9-7-13/h6-9,11-12,16H,2-5,10H2,1H3,(H,21,22). The van der Waals surface area contributed by atoms with Crippen LogP contribution >= 0.6 is 22.9 Å². The molecule has 3 nitrogen and oxygen atoms in total. The topological polar surface area (TPSA) is 42.0 Å². The van der Waals surface area contributed by atoms with Crippen molar-refractivity contribution in [2.45, 2.75) is 45.1 Å². The molecular formula is C18H21ClN2OS. The van der Waals surface area contributed by atoms with E-state index in [1.54, 1.807) is 11.3 Å². The Morgan fingerprint density at radius 3 is 2.78 bits per heavy atom. The molecule has 0 bridgehead atoms. The Morgan fingerprint density at radius 2 is 2.04 bits per heavy atom. The molecule has 1 N–H and O–H groups in total. The fraction of sp³-hybridized carbons (Fsp3) is 0.444. The number of amides is 1. The second-order valence-electron chi connectivity index (χ2n) is 6.26. The fourth-order valence-electron chi connectivity index (χ4n) is 3.07. The van der Waals surface area contributed by atoms with Crippen molar-refractivity contribution in [3.05, 3.63) is 40.4 Å². The first-order valence-electron chi connectivity index (χ1n) is 8.11. The number of aromatic nitrogens is 1. The van der Waals surface area contributed by atoms with Gasteiger partial charge in [-0.05, 0) is 30.9 Å². The second kappa shape index (κ2) is 7.45. The van der Waals surface area contributed by atoms with Crippen LogP contribution < -0.4 is 5.32 Å². The van der Waals surface area contributed by atoms with Crippen LogP contribution in [0.2, 0.25) is 5.02 Å². The van der Waals surface area contributed by atoms with Gasteiger partial charge in [-0.15, -0.1) is 11.3 Å². The Labute approximate surface area is 146 Å². The molecule has 1 heterocycles. The van der Waals surface area contributed by atoms with Gasteiger partial charge in [-0.2, -0.15) is 0 Å². The lowest BCUT2D eigenvalue weighted by atomic mass is 9.86. The van der Waals surface area contributed by atoms with Gasteiger partial charge in [0.25, 0.3) is 0 Å². The van der Waals surface area contributed by atoms with Crippen LogP contribution in [0.1, 0.15) is 38.3 Å². The molecule has 2 unspecified atom stereocenters. The normalized spacial score (nSPS) is 21.1. The number of nitrogens with one attached hydrogen (secondary N) is 1. The SMILES string of the molecule is CC1CCCCC1NC(=O)Cc1csc(-c2ccc(Cl)cc2)n1. The van der Waals surface area contributed by atoms with Gasteiger partial charge >= 0.3 is 0 Å². The highest BCUT2D eigenvalue weighted by atomic mass is 35.5. The smallest absolute Gasteiger partial charge is 0.226 e. The molecule has 2 aromatic rings. The van der Waals surface area contributed by atoms with Crippen molar-refractivity contribution >= 4 is 28.8 Å². The summed E-state index contributed by atoms with van der Waals surface area (Å²) in [5, 5.41) is 6.79. The van der Waals surface area contributed by atoms with Gasteiger partial charge in [-0.25, -0.2) is 4.98 Å². The van der Waals surface area contributed by atoms with Crippen LogP contribution in [0.25, 0.3) is 10.6 Å². The predicted octanol–water partition coefficient (Wildman–Crippen LogP) is 4.70. The molecule has 3 rings (SSSR count). The first-order chi connectivity index (χ1) is 11.1. The van der Waals surface area contributed by atoms with Crippen molar-refractivity contribution < 1.29 is 4.79 Å². The fourth-order valence-corrected chi connectivity index (χ4v) is 4.02. The van der Waals surface area contributed by atoms with E-state index in [1.165, 1.54) is 19.3 Å². The first-order valence-corrected chi connectivity index (χ1v) is 9.37. The number of hydrogen-bond acceptors (Lipinski definition) is 3. The van der Waals surface area contributed by atoms with Crippen LogP contribution in [-0.2, 0) is 11.2 Å². The van der Waals surface area contributed by atoms with E-state index in [2.05, 4.69) is 17.2 Å². The number of rotatable bonds is 4. The Balaban J connectivity index is 1.60. The average molecular weight is 349 g/mol. The Kier molecular flexibility index (Phi) is 5.34. The maximum Gasteiger partial charge on any atom is 0.226 e. The number of carbonyl (C=O) groups is 1. The van der Waals surface area contributed by atoms with E-state index in [0.717, 1.165) is 22.7 Å². The van der Waals surface area contributed by atoms with E-state index >= 15 is 0 Å². The maximum absolute atomic E-state index is 12.3. The van der Waals surface area contributed by atoms with Crippen LogP contribution in [-0.4, -0.2) is 16.9 Å². The summed E-state index contributed by atoms with van der Waals surface area (Å²) in [6.45, 7) is 2.23. The van der Waals surface area contributed by atoms with Crippen molar-refractivity contribution in [2.24, 2.45) is 5.92 Å². The zero-order chi connectivity index (χ0) is 16.2. The summed E-state index contributed by atoms with van der Waals surface area (Å²) in [5.74, 6) is 0.657. The quantitative estimate of drug-likeness (QED) is 0.870. The van der Waals surface area contributed by atoms with Crippen LogP contribution in [0, 0.1) is 5.92 Å². The summed E-state index contributed by atoms with van der Waals surface area (Å²) < 4.78 is 0. The molecule has 1 amide bonds. The minimum Gasteiger partial charge on any atom is -0.353 e. The van der Waals surface area contributed by atoms with E-state index in [9.17, 15) is 4.79 Å². The molecule has 1 fully saturated rings. The van der Waals surface area contributed by atoms with E-state index in [0.29, 0.717) is 23.4 Å². The van der Waals surface area contributed by atoms with Crippen molar-refractivity contribution in [3.63, 3.8) is 0 Å². The van der Waals surface area contributed by atoms with Gasteiger partial charge in [-0.3, -0.25) is 4.79 Å². The zero-order valence-corrected chi connectivity index (χ0v) is 14.8. The molecule has 0 saturated heterocycles. The lowest BCUT2D eigenvalue weighted by molar-refractivity contribution is -0.121. The van der Waals surface area contributed by atoms with E-state index < -0.39 is 0 Å². The summed E-state index contributed by atoms with van der Waals surface area (Å²) in [6, 6.07) is 7.94. The van der Waals surface area contributed by atoms with Gasteiger partial charge < -0.3 is 5.32 Å². The maximum atomic E-state index is 12.3. The van der Waals surface area contributed by atoms with E-state index in [-0.39, 0.29) is 5.91 Å². The third-order valence-electron chi connectivity index (χ3n) is 4.44. The number of benzene rings is 1. The molecule has 1 aliphatic rings. The first kappa shape index (κ1) is 16.5. The summed E-state index contributed by atoms with van der Waals surface area (Å²) in [5.41, 5.74) is 1.87. The largest absolute Gasteiger partial charge is 0.353 e. The van der Waals surface area contributed by atoms with Crippen molar-refractivity contribution in [1.82, 2.24) is 10.3 Å². The lowest BCUT2D eigenvalue weighted by Crippen LogP contribution is -2.41. The molecule has 2 atom stereocenters. The van der Waals surface area contributed by atoms with Gasteiger partial charge in [0, 0.05) is 22.0 Å². The van der Waals surface area contributed by atoms with Gasteiger partial charge in [0.1, 0.15) is 5.01 Å². The average Bonchev–Trinajstić information content (AvgIpc) is 2.98. The van der Waals surface area contributed by atoms with Crippen LogP contribution in [0.5, 0.6) is 0 Å². The molecular weight excluding hydrogens is 328 g/mol. The van der Waals surface area contributed by atoms with Crippen LogP contribution in [0.15, 0.2) is 29.6 Å². The molecule has 122 valence electrons. The summed E-state index contributed by atoms with van der Waals surface area (Å²) >= 11 is 7.47. The van der Waals surface area contributed by atoms with Gasteiger partial charge in [0.2, 0.25) is 5.91 Å². The third kappa shape index (κ3) is 4.33. The van der Waals surface area contributed by atoms with Crippen molar-refractivity contribution in [2.75, 3.05) is 0 Å². The monoisotopic (exact) mass is 348 g/mol. The van der Waals surface area contributed by atoms with Gasteiger partial charge in [0.05, 0.1) is 12.1 Å². The number of nitrogens with zero attached hydrogens (tertiary/aromatic N) is 1. The number of carbonyl (C=O) groups excluding carboxylic acids is 1. The number of hydrogen-bond donors (Lipinski definition) is 1. The zero-order valence-electron chi connectivity index (χ0n) is 13.2. The number of halogens is 1. The Bertz CT molecular complexity index is 668. The lowest BCUT2D eigenvalue weighted by Gasteiger charge is -2.29. The minimum atomic E-state index is 0.0803. The summed E-state index contributed by atoms with van der Waals surface area (Å²) in [7, 11) is 0. The molecule has 1 saturated carbocycles. The van der Waals surface area contributed by atoms with Crippen LogP contribution in [0.4, 0.5) is 0 Å². The molecule has 23 heavy (non-hydrogen) atoms. The highest BCUT2D eigenvalue weighted by Crippen LogP contribution is 2.26. The summed E-state index contributed by atoms with van der Waals surface area (Å²) in [6.07, 6.45) is 5.16. The van der Waals surface area contributed by atoms with Gasteiger partial charge in [-0.1, -0.05) is 43.5 Å². The van der Waals surface area contributed by atoms with Crippen molar-refractivity contribution in [3.8, 4) is 10.6 Å². The molecule has 0 aliphatic heterocycles. The molecule has 0 radical (unpaired) electrons. The van der Waals surface area contributed by atoms with E-state index in [4.69, 9.17) is 11.6 Å². The molecule has 1 aromatic carbocycles. The van der Waals surface area contributed by atoms with Crippen molar-refractivity contribution in [1.29, 1.82) is 0 Å². The highest BCUT2D eigenvalue weighted by molar-refractivity contribution is 7.13. The Morgan fingerprint density at radius 1 is 1.30 bits per heavy atom. The van der Waals surface area contributed by atoms with E-state index in [1.807, 2.05) is 29.6 Å². The predicted molar refractivity (Wildman–Crippen MR) is 95.8 cm³/mol.